The first-order valence-corrected chi connectivity index (χ1v) is 7.75. The van der Waals surface area contributed by atoms with Crippen molar-refractivity contribution in [3.63, 3.8) is 0 Å². The Hall–Kier alpha value is -0.520. The Bertz CT molecular complexity index is 263. The van der Waals surface area contributed by atoms with Crippen LogP contribution < -0.4 is 0 Å². The molecule has 2 rings (SSSR count). The van der Waals surface area contributed by atoms with E-state index in [1.165, 1.54) is 51.6 Å². The number of hydrogen-bond acceptors (Lipinski definition) is 2. The molecule has 2 heteroatoms. The number of aliphatic hydroxyl groups excluding tert-OH is 1. The summed E-state index contributed by atoms with van der Waals surface area (Å²) in [5.74, 6) is 7.76. The summed E-state index contributed by atoms with van der Waals surface area (Å²) in [5.41, 5.74) is 0. The van der Waals surface area contributed by atoms with Crippen LogP contribution in [0.15, 0.2) is 0 Å². The summed E-state index contributed by atoms with van der Waals surface area (Å²) in [6.07, 6.45) is 11.2. The number of unbranched alkanes of at least 4 members (excludes halogenated alkanes) is 2. The van der Waals surface area contributed by atoms with Crippen molar-refractivity contribution < 1.29 is 5.11 Å². The summed E-state index contributed by atoms with van der Waals surface area (Å²) in [7, 11) is 0. The number of aliphatic hydroxyl groups is 1. The zero-order valence-corrected chi connectivity index (χ0v) is 11.5. The predicted octanol–water partition coefficient (Wildman–Crippen LogP) is 2.81. The van der Waals surface area contributed by atoms with Crippen molar-refractivity contribution in [2.45, 2.75) is 63.8 Å². The fraction of sp³-hybridized carbons (Fsp3) is 0.875. The number of likely N-dealkylation sites (tertiary alicyclic amines) is 1. The second-order valence-electron chi connectivity index (χ2n) is 5.73. The fourth-order valence-corrected chi connectivity index (χ4v) is 3.30. The Morgan fingerprint density at radius 1 is 1.06 bits per heavy atom. The molecule has 1 heterocycles. The van der Waals surface area contributed by atoms with Crippen LogP contribution in [0.1, 0.15) is 57.8 Å². The van der Waals surface area contributed by atoms with Gasteiger partial charge in [0.25, 0.3) is 0 Å². The van der Waals surface area contributed by atoms with Crippen LogP contribution in [0.5, 0.6) is 0 Å². The summed E-state index contributed by atoms with van der Waals surface area (Å²) in [6, 6.07) is 0.532. The topological polar surface area (TPSA) is 23.5 Å². The van der Waals surface area contributed by atoms with E-state index >= 15 is 0 Å². The Morgan fingerprint density at radius 2 is 1.78 bits per heavy atom. The molecule has 0 aromatic heterocycles. The van der Waals surface area contributed by atoms with Crippen molar-refractivity contribution in [1.29, 1.82) is 0 Å². The zero-order chi connectivity index (χ0) is 12.6. The third kappa shape index (κ3) is 4.00. The molecular weight excluding hydrogens is 222 g/mol. The van der Waals surface area contributed by atoms with Crippen LogP contribution in [0.2, 0.25) is 0 Å². The fourth-order valence-electron chi connectivity index (χ4n) is 3.30. The van der Waals surface area contributed by atoms with Crippen LogP contribution in [0.4, 0.5) is 0 Å². The molecule has 1 aliphatic carbocycles. The minimum Gasteiger partial charge on any atom is -0.396 e. The first-order valence-electron chi connectivity index (χ1n) is 7.75. The molecule has 2 aliphatic rings. The highest BCUT2D eigenvalue weighted by Gasteiger charge is 2.29. The maximum Gasteiger partial charge on any atom is 0.0743 e. The molecule has 2 nitrogen and oxygen atoms in total. The predicted molar refractivity (Wildman–Crippen MR) is 75.3 cm³/mol. The van der Waals surface area contributed by atoms with Crippen molar-refractivity contribution in [3.8, 4) is 11.8 Å². The highest BCUT2D eigenvalue weighted by atomic mass is 16.2. The molecule has 0 amide bonds. The normalized spacial score (nSPS) is 22.9. The maximum atomic E-state index is 8.76. The Morgan fingerprint density at radius 3 is 2.44 bits per heavy atom. The Labute approximate surface area is 112 Å². The van der Waals surface area contributed by atoms with Crippen LogP contribution in [-0.4, -0.2) is 35.7 Å². The van der Waals surface area contributed by atoms with Crippen molar-refractivity contribution in [1.82, 2.24) is 4.90 Å². The lowest BCUT2D eigenvalue weighted by molar-refractivity contribution is 0.224. The number of rotatable bonds is 5. The van der Waals surface area contributed by atoms with E-state index in [0.717, 1.165) is 25.2 Å². The number of nitrogens with zero attached hydrogens (tertiary/aromatic N) is 1. The van der Waals surface area contributed by atoms with Gasteiger partial charge in [0.15, 0.2) is 0 Å². The van der Waals surface area contributed by atoms with Gasteiger partial charge in [-0.05, 0) is 57.5 Å². The Balaban J connectivity index is 1.86. The molecule has 1 saturated carbocycles. The molecule has 0 aromatic carbocycles. The van der Waals surface area contributed by atoms with Gasteiger partial charge in [-0.25, -0.2) is 0 Å². The van der Waals surface area contributed by atoms with E-state index in [4.69, 9.17) is 5.11 Å². The molecule has 1 unspecified atom stereocenters. The molecule has 0 bridgehead atoms. The van der Waals surface area contributed by atoms with Gasteiger partial charge in [-0.3, -0.25) is 4.90 Å². The third-order valence-electron chi connectivity index (χ3n) is 4.34. The van der Waals surface area contributed by atoms with Gasteiger partial charge >= 0.3 is 0 Å². The lowest BCUT2D eigenvalue weighted by atomic mass is 9.97. The standard InChI is InChI=1S/C16H27NO/c18-14-8-2-1-3-11-16(15-9-4-5-10-15)17-12-6-7-13-17/h15-16,18H,1-2,4-10,12-14H2. The minimum absolute atomic E-state index is 0.305. The van der Waals surface area contributed by atoms with Crippen LogP contribution in [0, 0.1) is 17.8 Å². The van der Waals surface area contributed by atoms with Gasteiger partial charge in [0, 0.05) is 13.0 Å². The average molecular weight is 249 g/mol. The third-order valence-corrected chi connectivity index (χ3v) is 4.34. The lowest BCUT2D eigenvalue weighted by Gasteiger charge is -2.28. The highest BCUT2D eigenvalue weighted by molar-refractivity contribution is 5.11. The molecule has 18 heavy (non-hydrogen) atoms. The molecule has 1 aliphatic heterocycles. The van der Waals surface area contributed by atoms with E-state index in [0.29, 0.717) is 12.6 Å². The summed E-state index contributed by atoms with van der Waals surface area (Å²) >= 11 is 0. The quantitative estimate of drug-likeness (QED) is 0.598. The van der Waals surface area contributed by atoms with Crippen LogP contribution in [0.3, 0.4) is 0 Å². The molecule has 102 valence electrons. The van der Waals surface area contributed by atoms with Gasteiger partial charge in [-0.2, -0.15) is 0 Å². The van der Waals surface area contributed by atoms with Crippen molar-refractivity contribution in [3.05, 3.63) is 0 Å². The smallest absolute Gasteiger partial charge is 0.0743 e. The summed E-state index contributed by atoms with van der Waals surface area (Å²) in [5, 5.41) is 8.76. The molecule has 0 radical (unpaired) electrons. The van der Waals surface area contributed by atoms with Gasteiger partial charge in [-0.15, -0.1) is 5.92 Å². The van der Waals surface area contributed by atoms with Gasteiger partial charge in [-0.1, -0.05) is 18.8 Å². The van der Waals surface area contributed by atoms with Crippen LogP contribution in [0.25, 0.3) is 0 Å². The van der Waals surface area contributed by atoms with E-state index < -0.39 is 0 Å². The second kappa shape index (κ2) is 7.81. The zero-order valence-electron chi connectivity index (χ0n) is 11.5. The summed E-state index contributed by atoms with van der Waals surface area (Å²) < 4.78 is 0. The highest BCUT2D eigenvalue weighted by Crippen LogP contribution is 2.31. The molecule has 1 atom stereocenters. The van der Waals surface area contributed by atoms with Gasteiger partial charge in [0.05, 0.1) is 6.04 Å². The van der Waals surface area contributed by atoms with Gasteiger partial charge < -0.3 is 5.11 Å². The second-order valence-corrected chi connectivity index (χ2v) is 5.73. The molecule has 2 fully saturated rings. The molecule has 1 N–H and O–H groups in total. The Kier molecular flexibility index (Phi) is 6.04. The molecular formula is C16H27NO. The van der Waals surface area contributed by atoms with Crippen LogP contribution in [-0.2, 0) is 0 Å². The minimum atomic E-state index is 0.305. The van der Waals surface area contributed by atoms with Gasteiger partial charge in [0.1, 0.15) is 0 Å². The molecule has 1 saturated heterocycles. The van der Waals surface area contributed by atoms with E-state index in [9.17, 15) is 0 Å². The van der Waals surface area contributed by atoms with Crippen molar-refractivity contribution >= 4 is 0 Å². The number of hydrogen-bond donors (Lipinski definition) is 1. The van der Waals surface area contributed by atoms with Crippen LogP contribution >= 0.6 is 0 Å². The van der Waals surface area contributed by atoms with E-state index in [-0.39, 0.29) is 0 Å². The van der Waals surface area contributed by atoms with E-state index in [2.05, 4.69) is 16.7 Å². The lowest BCUT2D eigenvalue weighted by Crippen LogP contribution is -2.36. The first-order chi connectivity index (χ1) is 8.92. The van der Waals surface area contributed by atoms with E-state index in [1.54, 1.807) is 0 Å². The largest absolute Gasteiger partial charge is 0.396 e. The van der Waals surface area contributed by atoms with Crippen molar-refractivity contribution in [2.75, 3.05) is 19.7 Å². The SMILES string of the molecule is OCCCCC#CC(C1CCCC1)N1CCCC1. The van der Waals surface area contributed by atoms with Crippen molar-refractivity contribution in [2.24, 2.45) is 5.92 Å². The first kappa shape index (κ1) is 13.9. The maximum absolute atomic E-state index is 8.76. The molecule has 0 spiro atoms. The molecule has 0 aromatic rings. The monoisotopic (exact) mass is 249 g/mol. The summed E-state index contributed by atoms with van der Waals surface area (Å²) in [6.45, 7) is 2.82. The van der Waals surface area contributed by atoms with Gasteiger partial charge in [0.2, 0.25) is 0 Å². The van der Waals surface area contributed by atoms with E-state index in [1.807, 2.05) is 0 Å². The average Bonchev–Trinajstić information content (AvgIpc) is 3.06. The summed E-state index contributed by atoms with van der Waals surface area (Å²) in [4.78, 5) is 2.62.